The standard InChI is InChI=1S/C40H82N2/c1-7-9-11-13-15-17-19-21-23-25-27-29-31-33-35-37-39-42(5,6)40-41(3,4)38-36-34-32-30-28-26-24-22-20-18-16-14-12-10-8-2/h21-24H,7-20,25-40H2,1-6H3/q+2. The Morgan fingerprint density at radius 3 is 0.833 bits per heavy atom. The van der Waals surface area contributed by atoms with Crippen LogP contribution in [0.25, 0.3) is 0 Å². The van der Waals surface area contributed by atoms with Crippen LogP contribution in [0.1, 0.15) is 187 Å². The number of hydrogen-bond acceptors (Lipinski definition) is 0. The first kappa shape index (κ1) is 41.4. The molecule has 250 valence electrons. The Labute approximate surface area is 268 Å². The van der Waals surface area contributed by atoms with Crippen molar-refractivity contribution >= 4 is 0 Å². The molecular weight excluding hydrogens is 508 g/mol. The van der Waals surface area contributed by atoms with Gasteiger partial charge in [0.25, 0.3) is 0 Å². The highest BCUT2D eigenvalue weighted by atomic mass is 15.5. The summed E-state index contributed by atoms with van der Waals surface area (Å²) in [4.78, 5) is 0. The van der Waals surface area contributed by atoms with Gasteiger partial charge in [-0.1, -0.05) is 134 Å². The molecule has 0 aromatic rings. The minimum Gasteiger partial charge on any atom is -0.282 e. The Morgan fingerprint density at radius 1 is 0.310 bits per heavy atom. The zero-order chi connectivity index (χ0) is 31.0. The topological polar surface area (TPSA) is 0 Å². The molecule has 0 saturated heterocycles. The first-order valence-corrected chi connectivity index (χ1v) is 19.3. The van der Waals surface area contributed by atoms with Crippen molar-refractivity contribution in [3.05, 3.63) is 24.3 Å². The Hall–Kier alpha value is -0.600. The van der Waals surface area contributed by atoms with Gasteiger partial charge in [0.2, 0.25) is 6.67 Å². The van der Waals surface area contributed by atoms with Gasteiger partial charge in [0.05, 0.1) is 41.3 Å². The van der Waals surface area contributed by atoms with E-state index in [-0.39, 0.29) is 0 Å². The zero-order valence-corrected chi connectivity index (χ0v) is 30.4. The number of nitrogens with zero attached hydrogens (tertiary/aromatic N) is 2. The van der Waals surface area contributed by atoms with E-state index in [0.717, 1.165) is 0 Å². The Morgan fingerprint density at radius 2 is 0.548 bits per heavy atom. The largest absolute Gasteiger partial charge is 0.282 e. The molecule has 42 heavy (non-hydrogen) atoms. The van der Waals surface area contributed by atoms with Gasteiger partial charge in [-0.3, -0.25) is 8.97 Å². The van der Waals surface area contributed by atoms with Gasteiger partial charge < -0.3 is 0 Å². The molecule has 0 aliphatic carbocycles. The van der Waals surface area contributed by atoms with E-state index in [1.807, 2.05) is 0 Å². The number of allylic oxidation sites excluding steroid dienone is 4. The van der Waals surface area contributed by atoms with Crippen molar-refractivity contribution in [3.63, 3.8) is 0 Å². The molecule has 0 atom stereocenters. The summed E-state index contributed by atoms with van der Waals surface area (Å²) in [6, 6.07) is 0. The van der Waals surface area contributed by atoms with Crippen LogP contribution in [0, 0.1) is 0 Å². The molecule has 0 aliphatic heterocycles. The van der Waals surface area contributed by atoms with Crippen molar-refractivity contribution in [2.24, 2.45) is 0 Å². The molecule has 0 aliphatic rings. The number of quaternary nitrogens is 2. The predicted octanol–water partition coefficient (Wildman–Crippen LogP) is 12.8. The first-order chi connectivity index (χ1) is 20.3. The molecule has 0 amide bonds. The van der Waals surface area contributed by atoms with Crippen LogP contribution in [0.3, 0.4) is 0 Å². The first-order valence-electron chi connectivity index (χ1n) is 19.3. The minimum atomic E-state index is 1.17. The fourth-order valence-corrected chi connectivity index (χ4v) is 6.58. The van der Waals surface area contributed by atoms with E-state index in [1.165, 1.54) is 202 Å². The third-order valence-electron chi connectivity index (χ3n) is 9.07. The van der Waals surface area contributed by atoms with E-state index < -0.39 is 0 Å². The van der Waals surface area contributed by atoms with Crippen molar-refractivity contribution < 1.29 is 8.97 Å². The molecule has 0 rings (SSSR count). The van der Waals surface area contributed by atoms with E-state index in [9.17, 15) is 0 Å². The molecule has 0 aromatic carbocycles. The highest BCUT2D eigenvalue weighted by molar-refractivity contribution is 4.82. The van der Waals surface area contributed by atoms with Crippen molar-refractivity contribution in [2.45, 2.75) is 187 Å². The summed E-state index contributed by atoms with van der Waals surface area (Å²) in [7, 11) is 9.82. The fraction of sp³-hybridized carbons (Fsp3) is 0.900. The van der Waals surface area contributed by atoms with Crippen LogP contribution in [0.15, 0.2) is 24.3 Å². The molecule has 0 radical (unpaired) electrons. The van der Waals surface area contributed by atoms with Gasteiger partial charge in [0, 0.05) is 0 Å². The molecule has 0 bridgehead atoms. The highest BCUT2D eigenvalue weighted by Crippen LogP contribution is 2.15. The lowest BCUT2D eigenvalue weighted by Crippen LogP contribution is -2.56. The summed E-state index contributed by atoms with van der Waals surface area (Å²) in [6.45, 7) is 8.51. The van der Waals surface area contributed by atoms with Crippen LogP contribution in [0.5, 0.6) is 0 Å². The Balaban J connectivity index is 3.62. The molecule has 0 saturated carbocycles. The second-order valence-corrected chi connectivity index (χ2v) is 15.0. The van der Waals surface area contributed by atoms with Crippen LogP contribution >= 0.6 is 0 Å². The lowest BCUT2D eigenvalue weighted by molar-refractivity contribution is -1.07. The zero-order valence-electron chi connectivity index (χ0n) is 30.4. The van der Waals surface area contributed by atoms with E-state index >= 15 is 0 Å². The molecule has 0 N–H and O–H groups in total. The summed E-state index contributed by atoms with van der Waals surface area (Å²) in [5.74, 6) is 0. The van der Waals surface area contributed by atoms with E-state index in [1.54, 1.807) is 0 Å². The quantitative estimate of drug-likeness (QED) is 0.0308. The Bertz CT molecular complexity index is 588. The smallest absolute Gasteiger partial charge is 0.206 e. The lowest BCUT2D eigenvalue weighted by Gasteiger charge is -2.39. The summed E-state index contributed by atoms with van der Waals surface area (Å²) in [5, 5.41) is 0. The normalized spacial score (nSPS) is 12.8. The molecule has 0 fully saturated rings. The van der Waals surface area contributed by atoms with Gasteiger partial charge in [-0.2, -0.15) is 0 Å². The van der Waals surface area contributed by atoms with Crippen LogP contribution in [0.4, 0.5) is 0 Å². The maximum Gasteiger partial charge on any atom is 0.206 e. The van der Waals surface area contributed by atoms with Gasteiger partial charge in [0.15, 0.2) is 0 Å². The highest BCUT2D eigenvalue weighted by Gasteiger charge is 2.26. The van der Waals surface area contributed by atoms with Gasteiger partial charge in [-0.25, -0.2) is 0 Å². The molecule has 2 nitrogen and oxygen atoms in total. The van der Waals surface area contributed by atoms with Crippen molar-refractivity contribution in [2.75, 3.05) is 47.9 Å². The summed E-state index contributed by atoms with van der Waals surface area (Å²) in [5.41, 5.74) is 0. The maximum absolute atomic E-state index is 2.46. The SMILES string of the molecule is CCCCCCCCC=CCCCCCCCC[N+](C)(C)C[N+](C)(C)CCCCCCCC=CCCCCCCCC. The minimum absolute atomic E-state index is 1.17. The average molecular weight is 591 g/mol. The molecule has 0 heterocycles. The molecule has 0 unspecified atom stereocenters. The van der Waals surface area contributed by atoms with Crippen LogP contribution in [-0.4, -0.2) is 56.9 Å². The molecule has 0 aromatic heterocycles. The summed E-state index contributed by atoms with van der Waals surface area (Å²) in [6.07, 6.45) is 47.3. The monoisotopic (exact) mass is 591 g/mol. The van der Waals surface area contributed by atoms with Crippen molar-refractivity contribution in [3.8, 4) is 0 Å². The third-order valence-corrected chi connectivity index (χ3v) is 9.07. The lowest BCUT2D eigenvalue weighted by atomic mass is 10.1. The van der Waals surface area contributed by atoms with Crippen LogP contribution in [0.2, 0.25) is 0 Å². The number of hydrogen-bond donors (Lipinski definition) is 0. The van der Waals surface area contributed by atoms with Gasteiger partial charge in [-0.15, -0.1) is 0 Å². The fourth-order valence-electron chi connectivity index (χ4n) is 6.58. The summed E-state index contributed by atoms with van der Waals surface area (Å²) < 4.78 is 2.34. The van der Waals surface area contributed by atoms with E-state index in [0.29, 0.717) is 0 Å². The number of rotatable bonds is 33. The van der Waals surface area contributed by atoms with E-state index in [4.69, 9.17) is 0 Å². The number of unbranched alkanes of at least 4 members (excludes halogenated alkanes) is 23. The third kappa shape index (κ3) is 32.3. The van der Waals surface area contributed by atoms with Gasteiger partial charge >= 0.3 is 0 Å². The maximum atomic E-state index is 2.46. The van der Waals surface area contributed by atoms with Crippen molar-refractivity contribution in [1.82, 2.24) is 0 Å². The molecular formula is C40H82N2+2. The van der Waals surface area contributed by atoms with Crippen molar-refractivity contribution in [1.29, 1.82) is 0 Å². The van der Waals surface area contributed by atoms with Gasteiger partial charge in [-0.05, 0) is 77.0 Å². The average Bonchev–Trinajstić information content (AvgIpc) is 2.94. The Kier molecular flexibility index (Phi) is 30.0. The van der Waals surface area contributed by atoms with Crippen LogP contribution < -0.4 is 0 Å². The van der Waals surface area contributed by atoms with E-state index in [2.05, 4.69) is 66.3 Å². The second kappa shape index (κ2) is 30.4. The van der Waals surface area contributed by atoms with Crippen LogP contribution in [-0.2, 0) is 0 Å². The summed E-state index contributed by atoms with van der Waals surface area (Å²) >= 11 is 0. The predicted molar refractivity (Wildman–Crippen MR) is 193 cm³/mol. The molecule has 0 spiro atoms. The second-order valence-electron chi connectivity index (χ2n) is 15.0. The molecule has 2 heteroatoms. The van der Waals surface area contributed by atoms with Gasteiger partial charge in [0.1, 0.15) is 0 Å².